The van der Waals surface area contributed by atoms with Crippen LogP contribution >= 0.6 is 0 Å². The fraction of sp³-hybridized carbons (Fsp3) is 0.650. The van der Waals surface area contributed by atoms with E-state index in [2.05, 4.69) is 5.32 Å². The third-order valence-electron chi connectivity index (χ3n) is 5.53. The van der Waals surface area contributed by atoms with Crippen LogP contribution in [0.5, 0.6) is 11.5 Å². The van der Waals surface area contributed by atoms with E-state index < -0.39 is 0 Å². The van der Waals surface area contributed by atoms with E-state index in [0.29, 0.717) is 49.1 Å². The largest absolute Gasteiger partial charge is 0.493 e. The van der Waals surface area contributed by atoms with Crippen LogP contribution in [0.3, 0.4) is 0 Å². The van der Waals surface area contributed by atoms with Crippen molar-refractivity contribution in [1.29, 1.82) is 0 Å². The normalized spacial score (nSPS) is 24.3. The molecule has 2 aliphatic heterocycles. The molecule has 2 aliphatic rings. The maximum Gasteiger partial charge on any atom is 0.227 e. The lowest BCUT2D eigenvalue weighted by atomic mass is 9.89. The number of nitrogens with one attached hydrogen (secondary N) is 1. The highest BCUT2D eigenvalue weighted by atomic mass is 16.5. The Bertz CT molecular complexity index is 610. The number of methoxy groups -OCH3 is 3. The third kappa shape index (κ3) is 4.30. The average Bonchev–Trinajstić information content (AvgIpc) is 3.00. The molecule has 1 aromatic carbocycles. The number of carbonyl (C=O) groups excluding carboxylic acids is 1. The highest BCUT2D eigenvalue weighted by Gasteiger charge is 2.35. The summed E-state index contributed by atoms with van der Waals surface area (Å²) in [6.07, 6.45) is 5.29. The van der Waals surface area contributed by atoms with Gasteiger partial charge in [-0.05, 0) is 43.7 Å². The van der Waals surface area contributed by atoms with Crippen LogP contribution in [-0.2, 0) is 9.53 Å². The first-order valence-electron chi connectivity index (χ1n) is 9.42. The van der Waals surface area contributed by atoms with Gasteiger partial charge < -0.3 is 24.4 Å². The van der Waals surface area contributed by atoms with Gasteiger partial charge in [-0.2, -0.15) is 0 Å². The first-order chi connectivity index (χ1) is 12.6. The number of anilines is 1. The van der Waals surface area contributed by atoms with Crippen LogP contribution in [0, 0.1) is 5.92 Å². The van der Waals surface area contributed by atoms with E-state index in [4.69, 9.17) is 14.2 Å². The van der Waals surface area contributed by atoms with Gasteiger partial charge in [-0.25, -0.2) is 0 Å². The van der Waals surface area contributed by atoms with Gasteiger partial charge in [0.15, 0.2) is 11.5 Å². The number of rotatable bonds is 8. The van der Waals surface area contributed by atoms with E-state index in [9.17, 15) is 4.79 Å². The molecule has 0 saturated carbocycles. The zero-order valence-electron chi connectivity index (χ0n) is 16.0. The number of hydrogen-bond donors (Lipinski definition) is 1. The van der Waals surface area contributed by atoms with Gasteiger partial charge in [0.25, 0.3) is 0 Å². The molecule has 2 heterocycles. The lowest BCUT2D eigenvalue weighted by Gasteiger charge is -2.31. The number of amides is 1. The van der Waals surface area contributed by atoms with Crippen molar-refractivity contribution in [3.05, 3.63) is 18.2 Å². The van der Waals surface area contributed by atoms with E-state index in [1.807, 2.05) is 23.1 Å². The summed E-state index contributed by atoms with van der Waals surface area (Å²) >= 11 is 0. The molecule has 0 aromatic heterocycles. The Kier molecular flexibility index (Phi) is 6.38. The summed E-state index contributed by atoms with van der Waals surface area (Å²) in [5.74, 6) is 1.90. The second-order valence-electron chi connectivity index (χ2n) is 7.26. The quantitative estimate of drug-likeness (QED) is 0.770. The predicted octanol–water partition coefficient (Wildman–Crippen LogP) is 2.60. The minimum Gasteiger partial charge on any atom is -0.493 e. The Morgan fingerprint density at radius 3 is 2.42 bits per heavy atom. The summed E-state index contributed by atoms with van der Waals surface area (Å²) in [5, 5.41) is 3.64. The number of ether oxygens (including phenoxy) is 3. The van der Waals surface area contributed by atoms with Crippen molar-refractivity contribution >= 4 is 11.6 Å². The van der Waals surface area contributed by atoms with Crippen LogP contribution in [-0.4, -0.2) is 52.5 Å². The van der Waals surface area contributed by atoms with E-state index in [0.717, 1.165) is 18.5 Å². The van der Waals surface area contributed by atoms with E-state index >= 15 is 0 Å². The van der Waals surface area contributed by atoms with Crippen LogP contribution in [0.15, 0.2) is 18.2 Å². The van der Waals surface area contributed by atoms with E-state index in [-0.39, 0.29) is 5.91 Å². The number of piperidine rings is 1. The van der Waals surface area contributed by atoms with Crippen LogP contribution < -0.4 is 19.7 Å². The average molecular weight is 362 g/mol. The molecule has 0 spiro atoms. The van der Waals surface area contributed by atoms with Gasteiger partial charge in [-0.3, -0.25) is 4.79 Å². The van der Waals surface area contributed by atoms with Crippen molar-refractivity contribution in [2.75, 3.05) is 39.4 Å². The first-order valence-corrected chi connectivity index (χ1v) is 9.42. The number of carbonyl (C=O) groups is 1. The summed E-state index contributed by atoms with van der Waals surface area (Å²) in [6, 6.07) is 6.80. The minimum absolute atomic E-state index is 0.153. The molecular formula is C20H30N2O4. The number of fused-ring (bicyclic) bond motifs is 2. The lowest BCUT2D eigenvalue weighted by Crippen LogP contribution is -2.41. The van der Waals surface area contributed by atoms with Crippen molar-refractivity contribution in [2.24, 2.45) is 5.92 Å². The fourth-order valence-corrected chi connectivity index (χ4v) is 4.27. The summed E-state index contributed by atoms with van der Waals surface area (Å²) < 4.78 is 15.9. The maximum atomic E-state index is 13.1. The smallest absolute Gasteiger partial charge is 0.227 e. The Labute approximate surface area is 155 Å². The van der Waals surface area contributed by atoms with Crippen molar-refractivity contribution in [2.45, 2.75) is 44.2 Å². The molecule has 2 unspecified atom stereocenters. The molecule has 3 rings (SSSR count). The van der Waals surface area contributed by atoms with Crippen LogP contribution in [0.25, 0.3) is 0 Å². The van der Waals surface area contributed by atoms with Gasteiger partial charge in [0.05, 0.1) is 20.8 Å². The molecule has 2 bridgehead atoms. The van der Waals surface area contributed by atoms with Crippen LogP contribution in [0.1, 0.15) is 32.1 Å². The maximum absolute atomic E-state index is 13.1. The summed E-state index contributed by atoms with van der Waals surface area (Å²) in [6.45, 7) is 1.03. The molecule has 6 heteroatoms. The molecule has 144 valence electrons. The van der Waals surface area contributed by atoms with Crippen LogP contribution in [0.2, 0.25) is 0 Å². The molecule has 1 aromatic rings. The zero-order chi connectivity index (χ0) is 18.5. The standard InChI is InChI=1S/C20H30N2O4/c1-24-9-8-22(17-6-7-18(25-2)19(13-17)26-3)20(23)12-14-10-15-4-5-16(11-14)21-15/h6-7,13-16,21H,4-5,8-12H2,1-3H3. The Hall–Kier alpha value is -1.79. The van der Waals surface area contributed by atoms with Gasteiger partial charge in [-0.15, -0.1) is 0 Å². The van der Waals surface area contributed by atoms with Gasteiger partial charge >= 0.3 is 0 Å². The number of benzene rings is 1. The molecule has 1 amide bonds. The highest BCUT2D eigenvalue weighted by molar-refractivity contribution is 5.93. The summed E-state index contributed by atoms with van der Waals surface area (Å²) in [7, 11) is 4.87. The monoisotopic (exact) mass is 362 g/mol. The van der Waals surface area contributed by atoms with Gasteiger partial charge in [0.1, 0.15) is 0 Å². The van der Waals surface area contributed by atoms with Gasteiger partial charge in [0.2, 0.25) is 5.91 Å². The van der Waals surface area contributed by atoms with Crippen molar-refractivity contribution in [3.8, 4) is 11.5 Å². The highest BCUT2D eigenvalue weighted by Crippen LogP contribution is 2.35. The summed E-state index contributed by atoms with van der Waals surface area (Å²) in [4.78, 5) is 14.9. The first kappa shape index (κ1) is 19.0. The van der Waals surface area contributed by atoms with E-state index in [1.54, 1.807) is 21.3 Å². The molecule has 2 atom stereocenters. The van der Waals surface area contributed by atoms with Crippen molar-refractivity contribution in [1.82, 2.24) is 5.32 Å². The van der Waals surface area contributed by atoms with Crippen molar-refractivity contribution in [3.63, 3.8) is 0 Å². The molecule has 2 saturated heterocycles. The molecule has 1 N–H and O–H groups in total. The molecular weight excluding hydrogens is 332 g/mol. The molecule has 0 radical (unpaired) electrons. The second-order valence-corrected chi connectivity index (χ2v) is 7.26. The fourth-order valence-electron chi connectivity index (χ4n) is 4.27. The Balaban J connectivity index is 1.73. The number of nitrogens with zero attached hydrogens (tertiary/aromatic N) is 1. The minimum atomic E-state index is 0.153. The van der Waals surface area contributed by atoms with Crippen molar-refractivity contribution < 1.29 is 19.0 Å². The number of hydrogen-bond acceptors (Lipinski definition) is 5. The van der Waals surface area contributed by atoms with Crippen LogP contribution in [0.4, 0.5) is 5.69 Å². The Morgan fingerprint density at radius 2 is 1.81 bits per heavy atom. The third-order valence-corrected chi connectivity index (χ3v) is 5.53. The predicted molar refractivity (Wildman–Crippen MR) is 101 cm³/mol. The van der Waals surface area contributed by atoms with E-state index in [1.165, 1.54) is 12.8 Å². The Morgan fingerprint density at radius 1 is 1.12 bits per heavy atom. The molecule has 26 heavy (non-hydrogen) atoms. The lowest BCUT2D eigenvalue weighted by molar-refractivity contribution is -0.119. The zero-order valence-corrected chi connectivity index (χ0v) is 16.0. The molecule has 6 nitrogen and oxygen atoms in total. The van der Waals surface area contributed by atoms with Gasteiger partial charge in [0, 0.05) is 43.9 Å². The van der Waals surface area contributed by atoms with Gasteiger partial charge in [-0.1, -0.05) is 0 Å². The second kappa shape index (κ2) is 8.73. The SMILES string of the molecule is COCCN(C(=O)CC1CC2CCC(C1)N2)c1ccc(OC)c(OC)c1. The molecule has 2 fully saturated rings. The topological polar surface area (TPSA) is 60.0 Å². The summed E-state index contributed by atoms with van der Waals surface area (Å²) in [5.41, 5.74) is 0.821. The molecule has 0 aliphatic carbocycles.